The van der Waals surface area contributed by atoms with Gasteiger partial charge >= 0.3 is 11.9 Å². The molecule has 8 nitrogen and oxygen atoms in total. The molecule has 0 amide bonds. The number of carboxylic acid groups (broad SMARTS) is 1. The summed E-state index contributed by atoms with van der Waals surface area (Å²) >= 11 is 0. The van der Waals surface area contributed by atoms with Crippen molar-refractivity contribution in [2.75, 3.05) is 19.8 Å². The van der Waals surface area contributed by atoms with Gasteiger partial charge in [-0.15, -0.1) is 0 Å². The first kappa shape index (κ1) is 26.1. The highest BCUT2D eigenvalue weighted by atomic mass is 19.1. The van der Waals surface area contributed by atoms with Gasteiger partial charge in [-0.2, -0.15) is 0 Å². The quantitative estimate of drug-likeness (QED) is 0.394. The zero-order valence-corrected chi connectivity index (χ0v) is 18.2. The van der Waals surface area contributed by atoms with Gasteiger partial charge in [0.05, 0.1) is 25.7 Å². The predicted octanol–water partition coefficient (Wildman–Crippen LogP) is 2.84. The minimum absolute atomic E-state index is 0.0339. The van der Waals surface area contributed by atoms with Gasteiger partial charge in [0, 0.05) is 19.3 Å². The van der Waals surface area contributed by atoms with E-state index in [0.29, 0.717) is 0 Å². The van der Waals surface area contributed by atoms with Crippen molar-refractivity contribution in [1.29, 1.82) is 0 Å². The normalized spacial score (nSPS) is 20.7. The van der Waals surface area contributed by atoms with E-state index >= 15 is 4.39 Å². The van der Waals surface area contributed by atoms with E-state index in [1.165, 1.54) is 20.8 Å². The molecule has 1 aliphatic rings. The van der Waals surface area contributed by atoms with E-state index in [9.17, 15) is 24.3 Å². The van der Waals surface area contributed by atoms with Gasteiger partial charge < -0.3 is 19.3 Å². The topological polar surface area (TPSA) is 116 Å². The van der Waals surface area contributed by atoms with Gasteiger partial charge in [0.2, 0.25) is 0 Å². The summed E-state index contributed by atoms with van der Waals surface area (Å²) < 4.78 is 31.8. The number of ketones is 3. The van der Waals surface area contributed by atoms with Crippen molar-refractivity contribution in [3.63, 3.8) is 0 Å². The van der Waals surface area contributed by atoms with Crippen LogP contribution in [0.4, 0.5) is 4.39 Å². The summed E-state index contributed by atoms with van der Waals surface area (Å²) in [6.45, 7) is 6.74. The third kappa shape index (κ3) is 7.37. The largest absolute Gasteiger partial charge is 0.481 e. The number of carboxylic acids is 1. The van der Waals surface area contributed by atoms with E-state index in [0.717, 1.165) is 6.08 Å². The van der Waals surface area contributed by atoms with Crippen LogP contribution in [0.5, 0.6) is 0 Å². The summed E-state index contributed by atoms with van der Waals surface area (Å²) in [5.74, 6) is -6.44. The molecule has 0 aromatic carbocycles. The Balaban J connectivity index is 3.17. The molecule has 0 aromatic rings. The van der Waals surface area contributed by atoms with Gasteiger partial charge in [0.1, 0.15) is 17.3 Å². The van der Waals surface area contributed by atoms with Gasteiger partial charge in [-0.1, -0.05) is 13.8 Å². The number of rotatable bonds is 15. The van der Waals surface area contributed by atoms with Crippen molar-refractivity contribution >= 4 is 23.3 Å². The average molecular weight is 430 g/mol. The van der Waals surface area contributed by atoms with Crippen molar-refractivity contribution in [3.05, 3.63) is 11.9 Å². The molecule has 170 valence electrons. The summed E-state index contributed by atoms with van der Waals surface area (Å²) in [5, 5.41) is 9.32. The smallest absolute Gasteiger partial charge is 0.339 e. The Kier molecular flexibility index (Phi) is 9.45. The van der Waals surface area contributed by atoms with Crippen LogP contribution < -0.4 is 0 Å². The molecule has 1 saturated carbocycles. The Morgan fingerprint density at radius 2 is 1.27 bits per heavy atom. The van der Waals surface area contributed by atoms with Crippen LogP contribution in [0.2, 0.25) is 0 Å². The van der Waals surface area contributed by atoms with Crippen LogP contribution in [-0.2, 0) is 33.4 Å². The molecule has 0 radical (unpaired) electrons. The minimum Gasteiger partial charge on any atom is -0.481 e. The van der Waals surface area contributed by atoms with Crippen LogP contribution in [-0.4, -0.2) is 54.2 Å². The lowest BCUT2D eigenvalue weighted by Gasteiger charge is -2.32. The number of Topliss-reactive ketones (excluding diaryl/α,β-unsaturated/α-hetero) is 3. The summed E-state index contributed by atoms with van der Waals surface area (Å²) in [5.41, 5.74) is -0.674. The third-order valence-electron chi connectivity index (χ3n) is 5.03. The second-order valence-electron chi connectivity index (χ2n) is 8.14. The van der Waals surface area contributed by atoms with Crippen molar-refractivity contribution in [3.8, 4) is 0 Å². The standard InChI is InChI=1S/C21H31FO8/c1-13(23)6-9-28-21(29-10-7-14(2)24,30-11-8-15(3)25)17(22)12-16-18(19(26)27)20(16,4)5/h12,16,18H,6-11H2,1-5H3,(H,26,27). The lowest BCUT2D eigenvalue weighted by atomic mass is 10.1. The number of carbonyl (C=O) groups is 4. The number of hydrogen-bond donors (Lipinski definition) is 1. The Morgan fingerprint density at radius 3 is 1.53 bits per heavy atom. The van der Waals surface area contributed by atoms with Gasteiger partial charge in [-0.05, 0) is 38.2 Å². The van der Waals surface area contributed by atoms with E-state index in [2.05, 4.69) is 0 Å². The molecular weight excluding hydrogens is 399 g/mol. The van der Waals surface area contributed by atoms with Gasteiger partial charge in [-0.3, -0.25) is 19.2 Å². The number of carbonyl (C=O) groups excluding carboxylic acids is 3. The number of aliphatic carboxylic acids is 1. The van der Waals surface area contributed by atoms with Crippen LogP contribution in [0.15, 0.2) is 11.9 Å². The number of hydrogen-bond acceptors (Lipinski definition) is 7. The fraction of sp³-hybridized carbons (Fsp3) is 0.714. The minimum atomic E-state index is -2.37. The van der Waals surface area contributed by atoms with E-state index in [1.54, 1.807) is 13.8 Å². The fourth-order valence-electron chi connectivity index (χ4n) is 3.04. The first-order chi connectivity index (χ1) is 13.8. The summed E-state index contributed by atoms with van der Waals surface area (Å²) in [6, 6.07) is 0. The number of ether oxygens (including phenoxy) is 3. The van der Waals surface area contributed by atoms with Crippen molar-refractivity contribution < 1.29 is 42.9 Å². The van der Waals surface area contributed by atoms with E-state index in [-0.39, 0.29) is 56.4 Å². The molecule has 9 heteroatoms. The highest BCUT2D eigenvalue weighted by Crippen LogP contribution is 2.59. The maximum absolute atomic E-state index is 15.4. The summed E-state index contributed by atoms with van der Waals surface area (Å²) in [6.07, 6.45) is 0.990. The second kappa shape index (κ2) is 10.9. The summed E-state index contributed by atoms with van der Waals surface area (Å²) in [7, 11) is 0. The van der Waals surface area contributed by atoms with Crippen LogP contribution in [0.1, 0.15) is 53.9 Å². The van der Waals surface area contributed by atoms with E-state index in [4.69, 9.17) is 14.2 Å². The first-order valence-electron chi connectivity index (χ1n) is 9.84. The Hall–Kier alpha value is -1.97. The van der Waals surface area contributed by atoms with Crippen LogP contribution in [0, 0.1) is 17.3 Å². The van der Waals surface area contributed by atoms with Crippen molar-refractivity contribution in [2.24, 2.45) is 17.3 Å². The number of allylic oxidation sites excluding steroid dienone is 1. The van der Waals surface area contributed by atoms with Crippen molar-refractivity contribution in [1.82, 2.24) is 0 Å². The fourth-order valence-corrected chi connectivity index (χ4v) is 3.04. The molecule has 0 saturated heterocycles. The lowest BCUT2D eigenvalue weighted by Crippen LogP contribution is -2.42. The summed E-state index contributed by atoms with van der Waals surface area (Å²) in [4.78, 5) is 45.2. The molecule has 0 aliphatic heterocycles. The van der Waals surface area contributed by atoms with E-state index in [1.807, 2.05) is 0 Å². The highest BCUT2D eigenvalue weighted by Gasteiger charge is 2.62. The Morgan fingerprint density at radius 1 is 0.900 bits per heavy atom. The zero-order chi connectivity index (χ0) is 23.1. The van der Waals surface area contributed by atoms with Crippen LogP contribution >= 0.6 is 0 Å². The predicted molar refractivity (Wildman–Crippen MR) is 104 cm³/mol. The Bertz CT molecular complexity index is 647. The van der Waals surface area contributed by atoms with Gasteiger partial charge in [-0.25, -0.2) is 4.39 Å². The highest BCUT2D eigenvalue weighted by molar-refractivity contribution is 5.76. The van der Waals surface area contributed by atoms with Crippen LogP contribution in [0.25, 0.3) is 0 Å². The molecule has 0 heterocycles. The molecule has 1 N–H and O–H groups in total. The molecule has 2 atom stereocenters. The van der Waals surface area contributed by atoms with Gasteiger partial charge in [0.15, 0.2) is 5.83 Å². The molecule has 0 bridgehead atoms. The zero-order valence-electron chi connectivity index (χ0n) is 18.2. The maximum Gasteiger partial charge on any atom is 0.339 e. The molecular formula is C21H31FO8. The molecule has 1 rings (SSSR count). The first-order valence-corrected chi connectivity index (χ1v) is 9.84. The average Bonchev–Trinajstić information content (AvgIpc) is 3.13. The van der Waals surface area contributed by atoms with Crippen molar-refractivity contribution in [2.45, 2.75) is 59.9 Å². The number of halogens is 1. The lowest BCUT2D eigenvalue weighted by molar-refractivity contribution is -0.363. The molecule has 1 aliphatic carbocycles. The van der Waals surface area contributed by atoms with Gasteiger partial charge in [0.25, 0.3) is 0 Å². The monoisotopic (exact) mass is 430 g/mol. The molecule has 2 unspecified atom stereocenters. The Labute approximate surface area is 175 Å². The van der Waals surface area contributed by atoms with E-state index < -0.39 is 35.0 Å². The second-order valence-corrected chi connectivity index (χ2v) is 8.14. The maximum atomic E-state index is 15.4. The molecule has 0 aromatic heterocycles. The SMILES string of the molecule is CC(=O)CCOC(OCCC(C)=O)(OCCC(C)=O)C(F)=CC1C(C(=O)O)C1(C)C. The molecule has 0 spiro atoms. The molecule has 30 heavy (non-hydrogen) atoms. The van der Waals surface area contributed by atoms with Crippen LogP contribution in [0.3, 0.4) is 0 Å². The third-order valence-corrected chi connectivity index (χ3v) is 5.03. The molecule has 1 fully saturated rings.